The van der Waals surface area contributed by atoms with Gasteiger partial charge in [-0.3, -0.25) is 0 Å². The van der Waals surface area contributed by atoms with E-state index in [9.17, 15) is 4.39 Å². The van der Waals surface area contributed by atoms with Crippen molar-refractivity contribution in [3.05, 3.63) is 41.8 Å². The van der Waals surface area contributed by atoms with Crippen molar-refractivity contribution in [3.63, 3.8) is 0 Å². The molecule has 1 N–H and O–H groups in total. The standard InChI is InChI=1S/C13H16FN3O3/c1-18-5-4-15-7-10-2-3-12(11(14)6-10)19-8-13-16-9-20-17-13/h2-3,6,9,15H,4-5,7-8H2,1H3. The van der Waals surface area contributed by atoms with Crippen molar-refractivity contribution in [2.75, 3.05) is 20.3 Å². The molecule has 20 heavy (non-hydrogen) atoms. The number of benzene rings is 1. The van der Waals surface area contributed by atoms with Crippen LogP contribution in [0.1, 0.15) is 11.4 Å². The number of hydrogen-bond donors (Lipinski definition) is 1. The van der Waals surface area contributed by atoms with Gasteiger partial charge in [0.2, 0.25) is 12.2 Å². The van der Waals surface area contributed by atoms with Gasteiger partial charge < -0.3 is 19.3 Å². The Balaban J connectivity index is 1.85. The highest BCUT2D eigenvalue weighted by Gasteiger charge is 2.07. The van der Waals surface area contributed by atoms with Gasteiger partial charge in [-0.05, 0) is 17.7 Å². The molecular formula is C13H16FN3O3. The fraction of sp³-hybridized carbons (Fsp3) is 0.385. The van der Waals surface area contributed by atoms with Crippen molar-refractivity contribution in [2.45, 2.75) is 13.2 Å². The average Bonchev–Trinajstić information content (AvgIpc) is 2.96. The van der Waals surface area contributed by atoms with Crippen LogP contribution in [0.25, 0.3) is 0 Å². The summed E-state index contributed by atoms with van der Waals surface area (Å²) < 4.78 is 28.6. The molecule has 0 unspecified atom stereocenters. The molecule has 108 valence electrons. The van der Waals surface area contributed by atoms with Crippen LogP contribution in [0.15, 0.2) is 29.1 Å². The number of nitrogens with zero attached hydrogens (tertiary/aromatic N) is 2. The first-order valence-electron chi connectivity index (χ1n) is 6.15. The van der Waals surface area contributed by atoms with E-state index in [1.807, 2.05) is 0 Å². The molecule has 0 saturated carbocycles. The number of hydrogen-bond acceptors (Lipinski definition) is 6. The summed E-state index contributed by atoms with van der Waals surface area (Å²) in [5, 5.41) is 6.72. The zero-order valence-electron chi connectivity index (χ0n) is 11.1. The summed E-state index contributed by atoms with van der Waals surface area (Å²) in [4.78, 5) is 3.79. The van der Waals surface area contributed by atoms with Crippen molar-refractivity contribution in [1.29, 1.82) is 0 Å². The fourth-order valence-electron chi connectivity index (χ4n) is 1.58. The fourth-order valence-corrected chi connectivity index (χ4v) is 1.58. The van der Waals surface area contributed by atoms with Gasteiger partial charge in [-0.2, -0.15) is 4.98 Å². The van der Waals surface area contributed by atoms with Gasteiger partial charge in [-0.25, -0.2) is 4.39 Å². The average molecular weight is 281 g/mol. The van der Waals surface area contributed by atoms with Gasteiger partial charge in [-0.15, -0.1) is 0 Å². The molecule has 0 amide bonds. The van der Waals surface area contributed by atoms with Crippen LogP contribution in [0, 0.1) is 5.82 Å². The molecule has 2 rings (SSSR count). The third-order valence-corrected chi connectivity index (χ3v) is 2.57. The highest BCUT2D eigenvalue weighted by atomic mass is 19.1. The van der Waals surface area contributed by atoms with Crippen LogP contribution in [-0.2, 0) is 17.9 Å². The topological polar surface area (TPSA) is 69.4 Å². The Hall–Kier alpha value is -1.99. The lowest BCUT2D eigenvalue weighted by molar-refractivity contribution is 0.199. The van der Waals surface area contributed by atoms with Crippen molar-refractivity contribution >= 4 is 0 Å². The van der Waals surface area contributed by atoms with Gasteiger partial charge >= 0.3 is 0 Å². The molecule has 0 saturated heterocycles. The van der Waals surface area contributed by atoms with Crippen LogP contribution in [0.4, 0.5) is 4.39 Å². The normalized spacial score (nSPS) is 10.7. The summed E-state index contributed by atoms with van der Waals surface area (Å²) >= 11 is 0. The summed E-state index contributed by atoms with van der Waals surface area (Å²) in [6, 6.07) is 4.82. The minimum Gasteiger partial charge on any atom is -0.482 e. The summed E-state index contributed by atoms with van der Waals surface area (Å²) in [5.74, 6) is 0.115. The Morgan fingerprint density at radius 3 is 3.00 bits per heavy atom. The Bertz CT molecular complexity index is 520. The third-order valence-electron chi connectivity index (χ3n) is 2.57. The molecule has 0 aliphatic carbocycles. The molecule has 1 aromatic carbocycles. The molecule has 0 aliphatic heterocycles. The highest BCUT2D eigenvalue weighted by molar-refractivity contribution is 5.29. The number of ether oxygens (including phenoxy) is 2. The lowest BCUT2D eigenvalue weighted by Gasteiger charge is -2.08. The monoisotopic (exact) mass is 281 g/mol. The number of rotatable bonds is 8. The molecular weight excluding hydrogens is 265 g/mol. The zero-order valence-corrected chi connectivity index (χ0v) is 11.1. The Kier molecular flexibility index (Phi) is 5.45. The smallest absolute Gasteiger partial charge is 0.213 e. The summed E-state index contributed by atoms with van der Waals surface area (Å²) in [5.41, 5.74) is 0.838. The first-order chi connectivity index (χ1) is 9.79. The van der Waals surface area contributed by atoms with Crippen LogP contribution in [0.2, 0.25) is 0 Å². The molecule has 6 nitrogen and oxygen atoms in total. The molecule has 0 fully saturated rings. The van der Waals surface area contributed by atoms with E-state index in [0.717, 1.165) is 5.56 Å². The van der Waals surface area contributed by atoms with E-state index in [1.165, 1.54) is 12.5 Å². The maximum Gasteiger partial charge on any atom is 0.213 e. The molecule has 7 heteroatoms. The number of methoxy groups -OCH3 is 1. The first-order valence-corrected chi connectivity index (χ1v) is 6.15. The van der Waals surface area contributed by atoms with Crippen molar-refractivity contribution < 1.29 is 18.4 Å². The van der Waals surface area contributed by atoms with E-state index in [4.69, 9.17) is 9.47 Å². The van der Waals surface area contributed by atoms with Crippen LogP contribution in [-0.4, -0.2) is 30.4 Å². The molecule has 0 radical (unpaired) electrons. The van der Waals surface area contributed by atoms with Crippen molar-refractivity contribution in [3.8, 4) is 5.75 Å². The van der Waals surface area contributed by atoms with E-state index in [-0.39, 0.29) is 12.4 Å². The van der Waals surface area contributed by atoms with Gasteiger partial charge in [-0.1, -0.05) is 11.2 Å². The Labute approximate surface area is 115 Å². The quantitative estimate of drug-likeness (QED) is 0.740. The molecule has 0 spiro atoms. The second kappa shape index (κ2) is 7.56. The summed E-state index contributed by atoms with van der Waals surface area (Å²) in [6.45, 7) is 1.98. The molecule has 0 bridgehead atoms. The Morgan fingerprint density at radius 2 is 2.30 bits per heavy atom. The van der Waals surface area contributed by atoms with E-state index in [0.29, 0.717) is 25.5 Å². The number of halogens is 1. The van der Waals surface area contributed by atoms with Gasteiger partial charge in [0.15, 0.2) is 18.2 Å². The maximum absolute atomic E-state index is 13.8. The van der Waals surface area contributed by atoms with E-state index in [2.05, 4.69) is 20.0 Å². The first kappa shape index (κ1) is 14.4. The highest BCUT2D eigenvalue weighted by Crippen LogP contribution is 2.19. The van der Waals surface area contributed by atoms with Crippen LogP contribution < -0.4 is 10.1 Å². The lowest BCUT2D eigenvalue weighted by atomic mass is 10.2. The van der Waals surface area contributed by atoms with Crippen molar-refractivity contribution in [1.82, 2.24) is 15.5 Å². The van der Waals surface area contributed by atoms with E-state index < -0.39 is 5.82 Å². The number of nitrogens with one attached hydrogen (secondary N) is 1. The molecule has 1 heterocycles. The lowest BCUT2D eigenvalue weighted by Crippen LogP contribution is -2.18. The molecule has 0 aliphatic rings. The predicted molar refractivity (Wildman–Crippen MR) is 68.6 cm³/mol. The Morgan fingerprint density at radius 1 is 1.40 bits per heavy atom. The van der Waals surface area contributed by atoms with E-state index >= 15 is 0 Å². The van der Waals surface area contributed by atoms with Crippen LogP contribution >= 0.6 is 0 Å². The summed E-state index contributed by atoms with van der Waals surface area (Å²) in [6.07, 6.45) is 1.20. The van der Waals surface area contributed by atoms with Gasteiger partial charge in [0, 0.05) is 20.2 Å². The van der Waals surface area contributed by atoms with Gasteiger partial charge in [0.05, 0.1) is 6.61 Å². The molecule has 0 atom stereocenters. The SMILES string of the molecule is COCCNCc1ccc(OCc2ncon2)c(F)c1. The second-order valence-electron chi connectivity index (χ2n) is 4.07. The number of aromatic nitrogens is 2. The zero-order chi connectivity index (χ0) is 14.2. The third kappa shape index (κ3) is 4.29. The van der Waals surface area contributed by atoms with E-state index in [1.54, 1.807) is 19.2 Å². The minimum absolute atomic E-state index is 0.0683. The van der Waals surface area contributed by atoms with Gasteiger partial charge in [0.25, 0.3) is 0 Å². The molecule has 1 aromatic heterocycles. The summed E-state index contributed by atoms with van der Waals surface area (Å²) in [7, 11) is 1.64. The maximum atomic E-state index is 13.8. The van der Waals surface area contributed by atoms with Crippen LogP contribution in [0.3, 0.4) is 0 Å². The van der Waals surface area contributed by atoms with Crippen molar-refractivity contribution in [2.24, 2.45) is 0 Å². The minimum atomic E-state index is -0.417. The second-order valence-corrected chi connectivity index (χ2v) is 4.07. The van der Waals surface area contributed by atoms with Crippen LogP contribution in [0.5, 0.6) is 5.75 Å². The largest absolute Gasteiger partial charge is 0.482 e. The molecule has 2 aromatic rings. The predicted octanol–water partition coefficient (Wildman–Crippen LogP) is 1.52. The van der Waals surface area contributed by atoms with Gasteiger partial charge in [0.1, 0.15) is 0 Å².